The molecule has 0 saturated carbocycles. The molecular weight excluding hydrogens is 302 g/mol. The molecule has 1 aromatic carbocycles. The van der Waals surface area contributed by atoms with E-state index in [9.17, 15) is 4.79 Å². The summed E-state index contributed by atoms with van der Waals surface area (Å²) in [5.41, 5.74) is 2.43. The number of rotatable bonds is 3. The van der Waals surface area contributed by atoms with Gasteiger partial charge in [0.05, 0.1) is 6.54 Å². The van der Waals surface area contributed by atoms with Crippen molar-refractivity contribution in [1.82, 2.24) is 10.6 Å². The summed E-state index contributed by atoms with van der Waals surface area (Å²) in [6.07, 6.45) is 1.84. The van der Waals surface area contributed by atoms with E-state index in [2.05, 4.69) is 27.7 Å². The van der Waals surface area contributed by atoms with Crippen LogP contribution in [0.1, 0.15) is 18.4 Å². The Morgan fingerprint density at radius 3 is 2.91 bits per heavy atom. The van der Waals surface area contributed by atoms with Gasteiger partial charge in [0.15, 0.2) is 0 Å². The molecule has 0 aliphatic carbocycles. The lowest BCUT2D eigenvalue weighted by Crippen LogP contribution is -2.45. The number of carbonyl (C=O) groups excluding carboxylic acids is 1. The summed E-state index contributed by atoms with van der Waals surface area (Å²) < 4.78 is 5.32. The van der Waals surface area contributed by atoms with Crippen molar-refractivity contribution in [2.75, 3.05) is 37.7 Å². The minimum Gasteiger partial charge on any atom is -0.381 e. The van der Waals surface area contributed by atoms with Crippen LogP contribution in [0.3, 0.4) is 0 Å². The fourth-order valence-corrected chi connectivity index (χ4v) is 2.98. The molecular formula is C16H24ClN3O2. The molecule has 2 N–H and O–H groups in total. The normalized spacial score (nSPS) is 18.8. The van der Waals surface area contributed by atoms with Gasteiger partial charge in [0, 0.05) is 44.6 Å². The van der Waals surface area contributed by atoms with Crippen molar-refractivity contribution in [3.63, 3.8) is 0 Å². The number of fused-ring (bicyclic) bond motifs is 1. The highest BCUT2D eigenvalue weighted by Crippen LogP contribution is 2.21. The second kappa shape index (κ2) is 8.36. The molecule has 22 heavy (non-hydrogen) atoms. The number of anilines is 1. The lowest BCUT2D eigenvalue weighted by atomic mass is 10.1. The summed E-state index contributed by atoms with van der Waals surface area (Å²) in [5.74, 6) is 0.110. The summed E-state index contributed by atoms with van der Waals surface area (Å²) in [5, 5.41) is 6.53. The monoisotopic (exact) mass is 325 g/mol. The van der Waals surface area contributed by atoms with Crippen molar-refractivity contribution in [3.05, 3.63) is 29.8 Å². The highest BCUT2D eigenvalue weighted by molar-refractivity contribution is 5.85. The Labute approximate surface area is 137 Å². The predicted octanol–water partition coefficient (Wildman–Crippen LogP) is 1.31. The van der Waals surface area contributed by atoms with Crippen molar-refractivity contribution in [2.24, 2.45) is 0 Å². The smallest absolute Gasteiger partial charge is 0.239 e. The second-order valence-electron chi connectivity index (χ2n) is 5.68. The number of hydrogen-bond acceptors (Lipinski definition) is 4. The molecule has 1 saturated heterocycles. The third-order valence-electron chi connectivity index (χ3n) is 4.13. The van der Waals surface area contributed by atoms with Gasteiger partial charge in [-0.15, -0.1) is 12.4 Å². The number of amides is 1. The number of halogens is 1. The van der Waals surface area contributed by atoms with Crippen LogP contribution >= 0.6 is 12.4 Å². The molecule has 0 atom stereocenters. The maximum absolute atomic E-state index is 12.3. The molecule has 122 valence electrons. The van der Waals surface area contributed by atoms with Gasteiger partial charge in [-0.25, -0.2) is 0 Å². The fraction of sp³-hybridized carbons (Fsp3) is 0.562. The van der Waals surface area contributed by atoms with Gasteiger partial charge in [-0.3, -0.25) is 4.79 Å². The van der Waals surface area contributed by atoms with Gasteiger partial charge in [-0.1, -0.05) is 18.2 Å². The van der Waals surface area contributed by atoms with Crippen LogP contribution in [0.2, 0.25) is 0 Å². The summed E-state index contributed by atoms with van der Waals surface area (Å²) in [7, 11) is 0. The molecule has 0 bridgehead atoms. The first kappa shape index (κ1) is 17.1. The van der Waals surface area contributed by atoms with E-state index in [-0.39, 0.29) is 24.4 Å². The molecule has 2 heterocycles. The molecule has 0 radical (unpaired) electrons. The van der Waals surface area contributed by atoms with Crippen LogP contribution < -0.4 is 15.5 Å². The van der Waals surface area contributed by atoms with Crippen molar-refractivity contribution in [1.29, 1.82) is 0 Å². The van der Waals surface area contributed by atoms with E-state index in [1.165, 1.54) is 11.3 Å². The number of para-hydroxylation sites is 1. The second-order valence-corrected chi connectivity index (χ2v) is 5.68. The minimum absolute atomic E-state index is 0. The number of nitrogens with one attached hydrogen (secondary N) is 2. The SMILES string of the molecule is Cl.O=C(CN1CCNCc2ccccc21)NC1CCOCC1. The zero-order chi connectivity index (χ0) is 14.5. The van der Waals surface area contributed by atoms with Gasteiger partial charge in [0.1, 0.15) is 0 Å². The number of nitrogens with zero attached hydrogens (tertiary/aromatic N) is 1. The number of benzene rings is 1. The Kier molecular flexibility index (Phi) is 6.49. The topological polar surface area (TPSA) is 53.6 Å². The van der Waals surface area contributed by atoms with Gasteiger partial charge in [-0.05, 0) is 24.5 Å². The Bertz CT molecular complexity index is 492. The van der Waals surface area contributed by atoms with Crippen LogP contribution in [0.5, 0.6) is 0 Å². The molecule has 3 rings (SSSR count). The van der Waals surface area contributed by atoms with Gasteiger partial charge >= 0.3 is 0 Å². The van der Waals surface area contributed by atoms with Crippen LogP contribution in [-0.4, -0.2) is 44.8 Å². The minimum atomic E-state index is 0. The van der Waals surface area contributed by atoms with Gasteiger partial charge < -0.3 is 20.3 Å². The molecule has 0 unspecified atom stereocenters. The molecule has 0 aromatic heterocycles. The van der Waals surface area contributed by atoms with Gasteiger partial charge in [-0.2, -0.15) is 0 Å². The first-order valence-electron chi connectivity index (χ1n) is 7.73. The third kappa shape index (κ3) is 4.35. The maximum Gasteiger partial charge on any atom is 0.239 e. The molecule has 1 fully saturated rings. The predicted molar refractivity (Wildman–Crippen MR) is 89.6 cm³/mol. The summed E-state index contributed by atoms with van der Waals surface area (Å²) in [4.78, 5) is 14.5. The Balaban J connectivity index is 0.00000176. The first-order chi connectivity index (χ1) is 10.3. The summed E-state index contributed by atoms with van der Waals surface area (Å²) >= 11 is 0. The number of carbonyl (C=O) groups is 1. The molecule has 2 aliphatic heterocycles. The molecule has 2 aliphatic rings. The molecule has 6 heteroatoms. The first-order valence-corrected chi connectivity index (χ1v) is 7.73. The fourth-order valence-electron chi connectivity index (χ4n) is 2.98. The summed E-state index contributed by atoms with van der Waals surface area (Å²) in [6, 6.07) is 8.58. The quantitative estimate of drug-likeness (QED) is 0.880. The van der Waals surface area contributed by atoms with E-state index < -0.39 is 0 Å². The number of hydrogen-bond donors (Lipinski definition) is 2. The Morgan fingerprint density at radius 2 is 2.09 bits per heavy atom. The zero-order valence-corrected chi connectivity index (χ0v) is 13.5. The Morgan fingerprint density at radius 1 is 1.32 bits per heavy atom. The average Bonchev–Trinajstić information content (AvgIpc) is 2.71. The van der Waals surface area contributed by atoms with Gasteiger partial charge in [0.25, 0.3) is 0 Å². The van der Waals surface area contributed by atoms with E-state index in [1.807, 2.05) is 12.1 Å². The average molecular weight is 326 g/mol. The Hall–Kier alpha value is -1.30. The van der Waals surface area contributed by atoms with Crippen LogP contribution in [0.25, 0.3) is 0 Å². The van der Waals surface area contributed by atoms with E-state index in [4.69, 9.17) is 4.74 Å². The van der Waals surface area contributed by atoms with E-state index in [0.717, 1.165) is 45.7 Å². The van der Waals surface area contributed by atoms with Crippen molar-refractivity contribution < 1.29 is 9.53 Å². The largest absolute Gasteiger partial charge is 0.381 e. The lowest BCUT2D eigenvalue weighted by Gasteiger charge is -2.27. The third-order valence-corrected chi connectivity index (χ3v) is 4.13. The van der Waals surface area contributed by atoms with Crippen molar-refractivity contribution in [2.45, 2.75) is 25.4 Å². The van der Waals surface area contributed by atoms with Crippen LogP contribution in [0.15, 0.2) is 24.3 Å². The number of ether oxygens (including phenoxy) is 1. The van der Waals surface area contributed by atoms with E-state index in [1.54, 1.807) is 0 Å². The molecule has 5 nitrogen and oxygen atoms in total. The standard InChI is InChI=1S/C16H23N3O2.ClH/c20-16(18-14-5-9-21-10-6-14)12-19-8-7-17-11-13-3-1-2-4-15(13)19;/h1-4,14,17H,5-12H2,(H,18,20);1H. The molecule has 1 amide bonds. The van der Waals surface area contributed by atoms with E-state index >= 15 is 0 Å². The maximum atomic E-state index is 12.3. The highest BCUT2D eigenvalue weighted by Gasteiger charge is 2.20. The summed E-state index contributed by atoms with van der Waals surface area (Å²) in [6.45, 7) is 4.56. The lowest BCUT2D eigenvalue weighted by molar-refractivity contribution is -0.121. The highest BCUT2D eigenvalue weighted by atomic mass is 35.5. The van der Waals surface area contributed by atoms with Crippen LogP contribution in [-0.2, 0) is 16.1 Å². The van der Waals surface area contributed by atoms with Crippen molar-refractivity contribution in [3.8, 4) is 0 Å². The zero-order valence-electron chi connectivity index (χ0n) is 12.7. The van der Waals surface area contributed by atoms with E-state index in [0.29, 0.717) is 6.54 Å². The van der Waals surface area contributed by atoms with Gasteiger partial charge in [0.2, 0.25) is 5.91 Å². The van der Waals surface area contributed by atoms with Crippen LogP contribution in [0, 0.1) is 0 Å². The van der Waals surface area contributed by atoms with Crippen LogP contribution in [0.4, 0.5) is 5.69 Å². The van der Waals surface area contributed by atoms with Crippen molar-refractivity contribution >= 4 is 24.0 Å². The molecule has 0 spiro atoms. The molecule has 1 aromatic rings.